The van der Waals surface area contributed by atoms with Gasteiger partial charge >= 0.3 is 5.51 Å². The van der Waals surface area contributed by atoms with Crippen molar-refractivity contribution in [1.82, 2.24) is 9.78 Å². The molecule has 1 fully saturated rings. The van der Waals surface area contributed by atoms with Crippen LogP contribution in [0.4, 0.5) is 30.2 Å². The number of sulfone groups is 1. The molecule has 158 valence electrons. The van der Waals surface area contributed by atoms with Crippen LogP contribution in [0, 0.1) is 10.1 Å². The van der Waals surface area contributed by atoms with Gasteiger partial charge in [0.15, 0.2) is 0 Å². The van der Waals surface area contributed by atoms with Gasteiger partial charge in [-0.05, 0) is 25.0 Å². The predicted octanol–water partition coefficient (Wildman–Crippen LogP) is 2.70. The molecule has 1 atom stereocenters. The van der Waals surface area contributed by atoms with E-state index < -0.39 is 30.9 Å². The summed E-state index contributed by atoms with van der Waals surface area (Å²) in [5, 5.41) is 18.4. The summed E-state index contributed by atoms with van der Waals surface area (Å²) in [5.41, 5.74) is -5.41. The van der Waals surface area contributed by atoms with E-state index in [2.05, 4.69) is 10.4 Å². The van der Waals surface area contributed by atoms with E-state index >= 15 is 0 Å². The summed E-state index contributed by atoms with van der Waals surface area (Å²) in [7, 11) is -3.89. The SMILES string of the molecule is Cn1cc(N2CCCC(Nc3ccc(S(=O)(=O)C(F)(F)F)cc3[N+](=O)[O-])C2)cn1. The lowest BCUT2D eigenvalue weighted by Gasteiger charge is -2.34. The van der Waals surface area contributed by atoms with Gasteiger partial charge in [0.25, 0.3) is 15.5 Å². The van der Waals surface area contributed by atoms with Gasteiger partial charge in [-0.25, -0.2) is 8.42 Å². The van der Waals surface area contributed by atoms with Gasteiger partial charge in [-0.2, -0.15) is 18.3 Å². The van der Waals surface area contributed by atoms with E-state index in [9.17, 15) is 31.7 Å². The lowest BCUT2D eigenvalue weighted by molar-refractivity contribution is -0.384. The Hall–Kier alpha value is -2.83. The zero-order valence-corrected chi connectivity index (χ0v) is 16.1. The highest BCUT2D eigenvalue weighted by Gasteiger charge is 2.47. The predicted molar refractivity (Wildman–Crippen MR) is 98.4 cm³/mol. The fourth-order valence-electron chi connectivity index (χ4n) is 3.21. The Morgan fingerprint density at radius 3 is 2.66 bits per heavy atom. The summed E-state index contributed by atoms with van der Waals surface area (Å²) in [4.78, 5) is 11.3. The molecule has 2 aromatic rings. The van der Waals surface area contributed by atoms with E-state index in [1.165, 1.54) is 0 Å². The molecule has 9 nitrogen and oxygen atoms in total. The monoisotopic (exact) mass is 433 g/mol. The number of nitro benzene ring substituents is 1. The van der Waals surface area contributed by atoms with E-state index in [0.29, 0.717) is 19.0 Å². The van der Waals surface area contributed by atoms with E-state index in [-0.39, 0.29) is 11.7 Å². The summed E-state index contributed by atoms with van der Waals surface area (Å²) < 4.78 is 63.0. The molecule has 29 heavy (non-hydrogen) atoms. The van der Waals surface area contributed by atoms with E-state index in [4.69, 9.17) is 0 Å². The topological polar surface area (TPSA) is 110 Å². The summed E-state index contributed by atoms with van der Waals surface area (Å²) in [6.45, 7) is 1.28. The molecule has 13 heteroatoms. The quantitative estimate of drug-likeness (QED) is 0.570. The average molecular weight is 433 g/mol. The van der Waals surface area contributed by atoms with Gasteiger partial charge in [0.1, 0.15) is 5.69 Å². The second-order valence-electron chi connectivity index (χ2n) is 6.69. The van der Waals surface area contributed by atoms with Crippen molar-refractivity contribution in [3.8, 4) is 0 Å². The molecule has 1 aromatic heterocycles. The Bertz CT molecular complexity index is 1020. The molecule has 0 bridgehead atoms. The maximum absolute atomic E-state index is 12.7. The van der Waals surface area contributed by atoms with Crippen LogP contribution in [0.2, 0.25) is 0 Å². The Balaban J connectivity index is 1.84. The third-order valence-corrected chi connectivity index (χ3v) is 6.10. The molecule has 0 saturated carbocycles. The number of anilines is 2. The Morgan fingerprint density at radius 2 is 2.07 bits per heavy atom. The minimum absolute atomic E-state index is 0.0332. The number of nitrogens with one attached hydrogen (secondary N) is 1. The van der Waals surface area contributed by atoms with Gasteiger partial charge < -0.3 is 10.2 Å². The van der Waals surface area contributed by atoms with Crippen LogP contribution in [-0.2, 0) is 16.9 Å². The zero-order chi connectivity index (χ0) is 21.4. The molecule has 3 rings (SSSR count). The van der Waals surface area contributed by atoms with Gasteiger partial charge in [0, 0.05) is 38.4 Å². The number of alkyl halides is 3. The fourth-order valence-corrected chi connectivity index (χ4v) is 3.99. The van der Waals surface area contributed by atoms with Crippen LogP contribution in [0.1, 0.15) is 12.8 Å². The smallest absolute Gasteiger partial charge is 0.375 e. The summed E-state index contributed by atoms with van der Waals surface area (Å²) in [5.74, 6) is 0. The number of aryl methyl sites for hydroxylation is 1. The Morgan fingerprint density at radius 1 is 1.34 bits per heavy atom. The van der Waals surface area contributed by atoms with Gasteiger partial charge in [-0.1, -0.05) is 0 Å². The lowest BCUT2D eigenvalue weighted by atomic mass is 10.0. The van der Waals surface area contributed by atoms with Crippen LogP contribution in [0.25, 0.3) is 0 Å². The minimum Gasteiger partial charge on any atom is -0.375 e. The molecule has 0 spiro atoms. The largest absolute Gasteiger partial charge is 0.501 e. The molecule has 1 N–H and O–H groups in total. The summed E-state index contributed by atoms with van der Waals surface area (Å²) in [6.07, 6.45) is 5.01. The van der Waals surface area contributed by atoms with Crippen molar-refractivity contribution in [2.45, 2.75) is 29.3 Å². The van der Waals surface area contributed by atoms with Crippen molar-refractivity contribution in [1.29, 1.82) is 0 Å². The first kappa shape index (κ1) is 20.9. The Kier molecular flexibility index (Phi) is 5.43. The fraction of sp³-hybridized carbons (Fsp3) is 0.438. The van der Waals surface area contributed by atoms with Crippen molar-refractivity contribution in [2.24, 2.45) is 7.05 Å². The van der Waals surface area contributed by atoms with Crippen LogP contribution < -0.4 is 10.2 Å². The van der Waals surface area contributed by atoms with Crippen molar-refractivity contribution < 1.29 is 26.5 Å². The molecular weight excluding hydrogens is 415 g/mol. The van der Waals surface area contributed by atoms with Crippen molar-refractivity contribution in [2.75, 3.05) is 23.3 Å². The normalized spacial score (nSPS) is 17.9. The third-order valence-electron chi connectivity index (χ3n) is 4.62. The van der Waals surface area contributed by atoms with Gasteiger partial charge in [0.2, 0.25) is 0 Å². The van der Waals surface area contributed by atoms with E-state index in [1.54, 1.807) is 17.9 Å². The molecule has 2 heterocycles. The van der Waals surface area contributed by atoms with Crippen LogP contribution in [0.5, 0.6) is 0 Å². The molecule has 1 aromatic carbocycles. The van der Waals surface area contributed by atoms with E-state index in [1.807, 2.05) is 11.1 Å². The van der Waals surface area contributed by atoms with Crippen LogP contribution in [-0.4, -0.2) is 47.8 Å². The first-order valence-electron chi connectivity index (χ1n) is 8.59. The number of aromatic nitrogens is 2. The summed E-state index contributed by atoms with van der Waals surface area (Å²) in [6, 6.07) is 1.94. The zero-order valence-electron chi connectivity index (χ0n) is 15.3. The first-order valence-corrected chi connectivity index (χ1v) is 10.1. The Labute approximate surface area is 164 Å². The van der Waals surface area contributed by atoms with Gasteiger partial charge in [-0.15, -0.1) is 0 Å². The maximum atomic E-state index is 12.7. The van der Waals surface area contributed by atoms with Crippen molar-refractivity contribution in [3.63, 3.8) is 0 Å². The highest BCUT2D eigenvalue weighted by molar-refractivity contribution is 7.92. The number of benzene rings is 1. The average Bonchev–Trinajstić information content (AvgIpc) is 3.07. The molecule has 1 aliphatic rings. The first-order chi connectivity index (χ1) is 13.5. The highest BCUT2D eigenvalue weighted by Crippen LogP contribution is 2.35. The van der Waals surface area contributed by atoms with Crippen LogP contribution >= 0.6 is 0 Å². The summed E-state index contributed by atoms with van der Waals surface area (Å²) >= 11 is 0. The molecule has 0 radical (unpaired) electrons. The maximum Gasteiger partial charge on any atom is 0.501 e. The molecule has 0 aliphatic carbocycles. The molecular formula is C16H18F3N5O4S. The second-order valence-corrected chi connectivity index (χ2v) is 8.63. The van der Waals surface area contributed by atoms with Crippen molar-refractivity contribution in [3.05, 3.63) is 40.7 Å². The standard InChI is InChI=1S/C16H18F3N5O4S/c1-22-10-12(8-20-22)23-6-2-3-11(9-23)21-14-5-4-13(7-15(14)24(25)26)29(27,28)16(17,18)19/h4-5,7-8,10-11,21H,2-3,6,9H2,1H3. The number of halogens is 3. The number of nitrogens with zero attached hydrogens (tertiary/aromatic N) is 4. The van der Waals surface area contributed by atoms with Crippen molar-refractivity contribution >= 4 is 26.9 Å². The van der Waals surface area contributed by atoms with Crippen LogP contribution in [0.3, 0.4) is 0 Å². The number of rotatable bonds is 5. The number of hydrogen-bond donors (Lipinski definition) is 1. The van der Waals surface area contributed by atoms with Gasteiger partial charge in [0.05, 0.1) is 21.7 Å². The molecule has 1 aliphatic heterocycles. The van der Waals surface area contributed by atoms with Gasteiger partial charge in [-0.3, -0.25) is 14.8 Å². The lowest BCUT2D eigenvalue weighted by Crippen LogP contribution is -2.42. The molecule has 1 unspecified atom stereocenters. The highest BCUT2D eigenvalue weighted by atomic mass is 32.2. The van der Waals surface area contributed by atoms with E-state index in [0.717, 1.165) is 30.8 Å². The third kappa shape index (κ3) is 4.28. The van der Waals surface area contributed by atoms with Crippen LogP contribution in [0.15, 0.2) is 35.5 Å². The number of hydrogen-bond acceptors (Lipinski definition) is 7. The second kappa shape index (κ2) is 7.54. The minimum atomic E-state index is -5.67. The molecule has 0 amide bonds. The molecule has 1 saturated heterocycles. The number of piperidine rings is 1. The number of nitro groups is 1.